The molecule has 1 aliphatic heterocycles. The molecule has 0 bridgehead atoms. The van der Waals surface area contributed by atoms with Crippen LogP contribution in [0.4, 0.5) is 0 Å². The third-order valence-corrected chi connectivity index (χ3v) is 8.55. The molecule has 2 aromatic rings. The van der Waals surface area contributed by atoms with Crippen LogP contribution in [-0.2, 0) is 20.7 Å². The highest BCUT2D eigenvalue weighted by atomic mass is 16.5. The Labute approximate surface area is 228 Å². The van der Waals surface area contributed by atoms with Crippen molar-refractivity contribution in [1.29, 1.82) is 0 Å². The monoisotopic (exact) mass is 517 g/mol. The molecule has 5 heteroatoms. The standard InChI is InChI=1S/C33H43NO4/c1-2-37-31(21-32(35)34-25-36-24-29(34)20-26-10-5-3-6-11-26)28-13-15-30(16-14-28)38-23-27-12-9-19-33(22-27)17-7-4-8-18-33/h3,5-6,10-11,13-16,22,29,31H,2,4,7-9,12,17-21,23-25H2,1H3/t29-,31?/m1/s1. The number of carbonyl (C=O) groups excluding carboxylic acids is 1. The second kappa shape index (κ2) is 12.9. The molecule has 204 valence electrons. The highest BCUT2D eigenvalue weighted by molar-refractivity contribution is 5.77. The Kier molecular flexibility index (Phi) is 9.18. The van der Waals surface area contributed by atoms with Gasteiger partial charge in [0.2, 0.25) is 5.91 Å². The molecule has 0 aromatic heterocycles. The minimum atomic E-state index is -0.285. The van der Waals surface area contributed by atoms with E-state index in [0.717, 1.165) is 24.2 Å². The molecule has 0 radical (unpaired) electrons. The number of benzene rings is 2. The summed E-state index contributed by atoms with van der Waals surface area (Å²) in [5, 5.41) is 0. The summed E-state index contributed by atoms with van der Waals surface area (Å²) in [7, 11) is 0. The number of hydrogen-bond donors (Lipinski definition) is 0. The van der Waals surface area contributed by atoms with Crippen molar-refractivity contribution in [3.8, 4) is 5.75 Å². The van der Waals surface area contributed by atoms with Crippen LogP contribution in [-0.4, -0.2) is 43.4 Å². The van der Waals surface area contributed by atoms with Crippen LogP contribution < -0.4 is 4.74 Å². The van der Waals surface area contributed by atoms with E-state index in [0.29, 0.717) is 38.4 Å². The van der Waals surface area contributed by atoms with Crippen LogP contribution in [0.2, 0.25) is 0 Å². The van der Waals surface area contributed by atoms with E-state index < -0.39 is 0 Å². The topological polar surface area (TPSA) is 48.0 Å². The van der Waals surface area contributed by atoms with Crippen LogP contribution in [0.5, 0.6) is 5.75 Å². The van der Waals surface area contributed by atoms with Gasteiger partial charge in [-0.2, -0.15) is 0 Å². The van der Waals surface area contributed by atoms with Gasteiger partial charge in [0.1, 0.15) is 19.1 Å². The van der Waals surface area contributed by atoms with Gasteiger partial charge in [0, 0.05) is 6.61 Å². The number of nitrogens with zero attached hydrogens (tertiary/aromatic N) is 1. The molecular weight excluding hydrogens is 474 g/mol. The minimum Gasteiger partial charge on any atom is -0.489 e. The van der Waals surface area contributed by atoms with Gasteiger partial charge in [0.05, 0.1) is 25.2 Å². The van der Waals surface area contributed by atoms with Crippen LogP contribution in [0.1, 0.15) is 81.9 Å². The molecule has 5 rings (SSSR count). The molecule has 2 atom stereocenters. The molecule has 2 aliphatic carbocycles. The van der Waals surface area contributed by atoms with Crippen LogP contribution in [0, 0.1) is 5.41 Å². The minimum absolute atomic E-state index is 0.0600. The van der Waals surface area contributed by atoms with Gasteiger partial charge in [-0.05, 0) is 79.7 Å². The zero-order valence-electron chi connectivity index (χ0n) is 22.9. The zero-order valence-corrected chi connectivity index (χ0v) is 22.9. The average molecular weight is 518 g/mol. The van der Waals surface area contributed by atoms with Crippen LogP contribution >= 0.6 is 0 Å². The summed E-state index contributed by atoms with van der Waals surface area (Å²) in [4.78, 5) is 15.2. The molecule has 1 saturated heterocycles. The van der Waals surface area contributed by atoms with E-state index in [2.05, 4.69) is 18.2 Å². The molecule has 3 aliphatic rings. The molecular formula is C33H43NO4. The van der Waals surface area contributed by atoms with Gasteiger partial charge < -0.3 is 19.1 Å². The largest absolute Gasteiger partial charge is 0.489 e. The van der Waals surface area contributed by atoms with Crippen molar-refractivity contribution in [2.24, 2.45) is 5.41 Å². The Bertz CT molecular complexity index is 1060. The van der Waals surface area contributed by atoms with Gasteiger partial charge in [0.15, 0.2) is 0 Å². The first-order valence-electron chi connectivity index (χ1n) is 14.6. The van der Waals surface area contributed by atoms with Crippen molar-refractivity contribution in [3.05, 3.63) is 77.4 Å². The van der Waals surface area contributed by atoms with E-state index in [1.54, 1.807) is 0 Å². The van der Waals surface area contributed by atoms with Crippen molar-refractivity contribution in [2.45, 2.75) is 83.3 Å². The maximum Gasteiger partial charge on any atom is 0.227 e. The van der Waals surface area contributed by atoms with Gasteiger partial charge >= 0.3 is 0 Å². The van der Waals surface area contributed by atoms with E-state index >= 15 is 0 Å². The third-order valence-electron chi connectivity index (χ3n) is 8.55. The second-order valence-electron chi connectivity index (χ2n) is 11.3. The van der Waals surface area contributed by atoms with E-state index in [4.69, 9.17) is 14.2 Å². The Balaban J connectivity index is 1.17. The maximum atomic E-state index is 13.3. The lowest BCUT2D eigenvalue weighted by Crippen LogP contribution is -2.38. The Morgan fingerprint density at radius 2 is 1.79 bits per heavy atom. The lowest BCUT2D eigenvalue weighted by atomic mass is 9.67. The molecule has 38 heavy (non-hydrogen) atoms. The van der Waals surface area contributed by atoms with Crippen molar-refractivity contribution >= 4 is 5.91 Å². The first-order valence-corrected chi connectivity index (χ1v) is 14.6. The normalized spacial score (nSPS) is 21.8. The number of amides is 1. The first-order chi connectivity index (χ1) is 18.6. The summed E-state index contributed by atoms with van der Waals surface area (Å²) < 4.78 is 17.9. The van der Waals surface area contributed by atoms with Crippen molar-refractivity contribution in [2.75, 3.05) is 26.6 Å². The molecule has 2 fully saturated rings. The predicted octanol–water partition coefficient (Wildman–Crippen LogP) is 7.02. The molecule has 1 amide bonds. The molecule has 1 spiro atoms. The van der Waals surface area contributed by atoms with Crippen LogP contribution in [0.25, 0.3) is 0 Å². The number of allylic oxidation sites excluding steroid dienone is 1. The summed E-state index contributed by atoms with van der Waals surface area (Å²) >= 11 is 0. The van der Waals surface area contributed by atoms with E-state index in [1.165, 1.54) is 56.1 Å². The van der Waals surface area contributed by atoms with Crippen molar-refractivity contribution in [1.82, 2.24) is 4.90 Å². The third kappa shape index (κ3) is 6.86. The lowest BCUT2D eigenvalue weighted by molar-refractivity contribution is -0.136. The summed E-state index contributed by atoms with van der Waals surface area (Å²) in [5.41, 5.74) is 4.12. The lowest BCUT2D eigenvalue weighted by Gasteiger charge is -2.38. The number of rotatable bonds is 10. The fraction of sp³-hybridized carbons (Fsp3) is 0.545. The predicted molar refractivity (Wildman–Crippen MR) is 150 cm³/mol. The molecule has 5 nitrogen and oxygen atoms in total. The fourth-order valence-electron chi connectivity index (χ4n) is 6.53. The number of ether oxygens (including phenoxy) is 3. The van der Waals surface area contributed by atoms with Crippen molar-refractivity contribution in [3.63, 3.8) is 0 Å². The van der Waals surface area contributed by atoms with E-state index in [-0.39, 0.29) is 18.1 Å². The molecule has 1 unspecified atom stereocenters. The van der Waals surface area contributed by atoms with Gasteiger partial charge in [-0.25, -0.2) is 0 Å². The Hall–Kier alpha value is -2.63. The van der Waals surface area contributed by atoms with Crippen LogP contribution in [0.15, 0.2) is 66.2 Å². The summed E-state index contributed by atoms with van der Waals surface area (Å²) in [6, 6.07) is 18.5. The van der Waals surface area contributed by atoms with Gasteiger partial charge in [-0.3, -0.25) is 4.79 Å². The van der Waals surface area contributed by atoms with E-state index in [1.807, 2.05) is 54.3 Å². The van der Waals surface area contributed by atoms with Crippen LogP contribution in [0.3, 0.4) is 0 Å². The van der Waals surface area contributed by atoms with Crippen molar-refractivity contribution < 1.29 is 19.0 Å². The number of hydrogen-bond acceptors (Lipinski definition) is 4. The average Bonchev–Trinajstić information content (AvgIpc) is 3.41. The fourth-order valence-corrected chi connectivity index (χ4v) is 6.53. The maximum absolute atomic E-state index is 13.3. The number of carbonyl (C=O) groups is 1. The summed E-state index contributed by atoms with van der Waals surface area (Å²) in [6.45, 7) is 4.12. The smallest absolute Gasteiger partial charge is 0.227 e. The molecule has 2 aromatic carbocycles. The molecule has 0 N–H and O–H groups in total. The van der Waals surface area contributed by atoms with Gasteiger partial charge in [0.25, 0.3) is 0 Å². The highest BCUT2D eigenvalue weighted by Crippen LogP contribution is 2.45. The van der Waals surface area contributed by atoms with Gasteiger partial charge in [-0.1, -0.05) is 67.8 Å². The molecule has 1 heterocycles. The zero-order chi connectivity index (χ0) is 26.2. The Morgan fingerprint density at radius 3 is 2.55 bits per heavy atom. The highest BCUT2D eigenvalue weighted by Gasteiger charge is 2.33. The molecule has 1 saturated carbocycles. The first kappa shape index (κ1) is 27.0. The quantitative estimate of drug-likeness (QED) is 0.318. The SMILES string of the molecule is CCOC(CC(=O)N1COC[C@H]1Cc1ccccc1)c1ccc(OCC2=CC3(CCCCC3)CCC2)cc1. The van der Waals surface area contributed by atoms with Gasteiger partial charge in [-0.15, -0.1) is 0 Å². The Morgan fingerprint density at radius 1 is 1.03 bits per heavy atom. The van der Waals surface area contributed by atoms with E-state index in [9.17, 15) is 4.79 Å². The second-order valence-corrected chi connectivity index (χ2v) is 11.3. The summed E-state index contributed by atoms with van der Waals surface area (Å²) in [5.74, 6) is 0.943. The summed E-state index contributed by atoms with van der Waals surface area (Å²) in [6.07, 6.45) is 14.0.